The van der Waals surface area contributed by atoms with Gasteiger partial charge in [0.25, 0.3) is 0 Å². The minimum Gasteiger partial charge on any atom is -0.238 e. The van der Waals surface area contributed by atoms with Crippen molar-refractivity contribution in [2.45, 2.75) is 84.0 Å². The monoisotopic (exact) mass is 289 g/mol. The number of rotatable bonds is 14. The van der Waals surface area contributed by atoms with Crippen LogP contribution in [0.15, 0.2) is 12.3 Å². The molecule has 0 fully saturated rings. The van der Waals surface area contributed by atoms with Crippen LogP contribution in [0.5, 0.6) is 0 Å². The molecule has 0 saturated heterocycles. The molecule has 3 nitrogen and oxygen atoms in total. The van der Waals surface area contributed by atoms with E-state index < -0.39 is 8.25 Å². The molecule has 0 spiro atoms. The molecule has 0 amide bonds. The van der Waals surface area contributed by atoms with E-state index in [1.54, 1.807) is 0 Å². The van der Waals surface area contributed by atoms with Crippen molar-refractivity contribution in [3.63, 3.8) is 0 Å². The van der Waals surface area contributed by atoms with Crippen molar-refractivity contribution >= 4 is 8.25 Å². The van der Waals surface area contributed by atoms with Crippen LogP contribution in [0.2, 0.25) is 0 Å². The van der Waals surface area contributed by atoms with Gasteiger partial charge in [0.2, 0.25) is 0 Å². The molecule has 0 radical (unpaired) electrons. The van der Waals surface area contributed by atoms with Gasteiger partial charge in [-0.2, -0.15) is 0 Å². The summed E-state index contributed by atoms with van der Waals surface area (Å²) in [5.74, 6) is 0. The number of hydrogen-bond donors (Lipinski definition) is 1. The van der Waals surface area contributed by atoms with E-state index in [2.05, 4.69) is 11.4 Å². The Morgan fingerprint density at radius 3 is 1.84 bits per heavy atom. The molecule has 1 N–H and O–H groups in total. The highest BCUT2D eigenvalue weighted by Gasteiger charge is 2.06. The second kappa shape index (κ2) is 15.7. The second-order valence-electron chi connectivity index (χ2n) is 5.04. The highest BCUT2D eigenvalue weighted by atomic mass is 31.1. The maximum absolute atomic E-state index is 10.2. The van der Waals surface area contributed by atoms with Crippen LogP contribution in [0.4, 0.5) is 0 Å². The normalized spacial score (nSPS) is 12.0. The summed E-state index contributed by atoms with van der Waals surface area (Å²) in [6.07, 6.45) is 18.8. The minimum atomic E-state index is -2.48. The Kier molecular flexibility index (Phi) is 15.3. The summed E-state index contributed by atoms with van der Waals surface area (Å²) >= 11 is 0. The van der Waals surface area contributed by atoms with Crippen LogP contribution in [-0.4, -0.2) is 4.89 Å². The van der Waals surface area contributed by atoms with E-state index in [0.717, 1.165) is 12.8 Å². The van der Waals surface area contributed by atoms with Gasteiger partial charge in [0.15, 0.2) is 0 Å². The molecule has 0 bridgehead atoms. The number of hydrogen-bond acceptors (Lipinski definition) is 2. The first-order chi connectivity index (χ1) is 9.27. The van der Waals surface area contributed by atoms with Gasteiger partial charge in [0.05, 0.1) is 0 Å². The van der Waals surface area contributed by atoms with E-state index in [-0.39, 0.29) is 0 Å². The SMILES string of the molecule is CCCCCCCCCCCCCC=CO[P+](=O)O. The fraction of sp³-hybridized carbons (Fsp3) is 0.867. The van der Waals surface area contributed by atoms with Gasteiger partial charge in [-0.15, -0.1) is 4.89 Å². The molecule has 0 aromatic carbocycles. The molecule has 1 atom stereocenters. The van der Waals surface area contributed by atoms with E-state index in [9.17, 15) is 4.57 Å². The van der Waals surface area contributed by atoms with Crippen molar-refractivity contribution in [1.82, 2.24) is 0 Å². The lowest BCUT2D eigenvalue weighted by Crippen LogP contribution is -1.82. The zero-order valence-electron chi connectivity index (χ0n) is 12.4. The topological polar surface area (TPSA) is 46.5 Å². The zero-order valence-corrected chi connectivity index (χ0v) is 13.2. The quantitative estimate of drug-likeness (QED) is 0.247. The van der Waals surface area contributed by atoms with Crippen LogP contribution in [0.25, 0.3) is 0 Å². The Hall–Kier alpha value is -0.400. The Labute approximate surface area is 119 Å². The second-order valence-corrected chi connectivity index (χ2v) is 5.73. The Bertz CT molecular complexity index is 229. The smallest absolute Gasteiger partial charge is 0.238 e. The lowest BCUT2D eigenvalue weighted by molar-refractivity contribution is 0.377. The van der Waals surface area contributed by atoms with Gasteiger partial charge in [-0.3, -0.25) is 0 Å². The maximum Gasteiger partial charge on any atom is 0.746 e. The van der Waals surface area contributed by atoms with Crippen molar-refractivity contribution in [3.8, 4) is 0 Å². The summed E-state index contributed by atoms with van der Waals surface area (Å²) < 4.78 is 14.6. The molecular formula is C15H30O3P+. The zero-order chi connectivity index (χ0) is 14.2. The Balaban J connectivity index is 3.02. The summed E-state index contributed by atoms with van der Waals surface area (Å²) in [5, 5.41) is 0. The third-order valence-corrected chi connectivity index (χ3v) is 3.52. The van der Waals surface area contributed by atoms with Crippen molar-refractivity contribution < 1.29 is 14.0 Å². The van der Waals surface area contributed by atoms with E-state index in [1.165, 1.54) is 70.5 Å². The van der Waals surface area contributed by atoms with Crippen molar-refractivity contribution in [3.05, 3.63) is 12.3 Å². The first-order valence-corrected chi connectivity index (χ1v) is 8.88. The van der Waals surface area contributed by atoms with Gasteiger partial charge in [0, 0.05) is 4.57 Å². The molecule has 4 heteroatoms. The summed E-state index contributed by atoms with van der Waals surface area (Å²) in [7, 11) is -2.48. The molecule has 112 valence electrons. The number of allylic oxidation sites excluding steroid dienone is 1. The van der Waals surface area contributed by atoms with Gasteiger partial charge in [-0.05, 0) is 18.9 Å². The number of unbranched alkanes of at least 4 members (excludes halogenated alkanes) is 11. The molecule has 0 rings (SSSR count). The summed E-state index contributed by atoms with van der Waals surface area (Å²) in [6, 6.07) is 0. The fourth-order valence-electron chi connectivity index (χ4n) is 2.09. The van der Waals surface area contributed by atoms with Gasteiger partial charge >= 0.3 is 8.25 Å². The third-order valence-electron chi connectivity index (χ3n) is 3.22. The molecule has 0 aliphatic carbocycles. The Morgan fingerprint density at radius 1 is 0.895 bits per heavy atom. The highest BCUT2D eigenvalue weighted by molar-refractivity contribution is 7.32. The Morgan fingerprint density at radius 2 is 1.37 bits per heavy atom. The van der Waals surface area contributed by atoms with Crippen molar-refractivity contribution in [2.75, 3.05) is 0 Å². The summed E-state index contributed by atoms with van der Waals surface area (Å²) in [4.78, 5) is 8.38. The van der Waals surface area contributed by atoms with Crippen molar-refractivity contribution in [1.29, 1.82) is 0 Å². The molecule has 0 aromatic heterocycles. The third kappa shape index (κ3) is 17.6. The molecular weight excluding hydrogens is 259 g/mol. The van der Waals surface area contributed by atoms with Gasteiger partial charge in [-0.25, -0.2) is 4.52 Å². The fourth-order valence-corrected chi connectivity index (χ4v) is 2.28. The predicted octanol–water partition coefficient (Wildman–Crippen LogP) is 5.87. The average Bonchev–Trinajstić information content (AvgIpc) is 2.39. The van der Waals surface area contributed by atoms with Crippen LogP contribution in [0, 0.1) is 0 Å². The lowest BCUT2D eigenvalue weighted by atomic mass is 10.1. The van der Waals surface area contributed by atoms with Crippen LogP contribution in [0.3, 0.4) is 0 Å². The molecule has 0 aromatic rings. The van der Waals surface area contributed by atoms with Gasteiger partial charge < -0.3 is 0 Å². The first-order valence-electron chi connectivity index (χ1n) is 7.75. The van der Waals surface area contributed by atoms with E-state index >= 15 is 0 Å². The lowest BCUT2D eigenvalue weighted by Gasteiger charge is -2.01. The molecule has 0 heterocycles. The molecule has 19 heavy (non-hydrogen) atoms. The maximum atomic E-state index is 10.2. The molecule has 0 aliphatic heterocycles. The van der Waals surface area contributed by atoms with Crippen LogP contribution >= 0.6 is 8.25 Å². The molecule has 0 saturated carbocycles. The minimum absolute atomic E-state index is 0.931. The molecule has 1 unspecified atom stereocenters. The highest BCUT2D eigenvalue weighted by Crippen LogP contribution is 2.15. The van der Waals surface area contributed by atoms with E-state index in [1.807, 2.05) is 6.08 Å². The van der Waals surface area contributed by atoms with Gasteiger partial charge in [-0.1, -0.05) is 71.1 Å². The first kappa shape index (κ1) is 18.6. The van der Waals surface area contributed by atoms with Crippen molar-refractivity contribution in [2.24, 2.45) is 0 Å². The predicted molar refractivity (Wildman–Crippen MR) is 81.1 cm³/mol. The summed E-state index contributed by atoms with van der Waals surface area (Å²) in [5.41, 5.74) is 0. The van der Waals surface area contributed by atoms with Crippen LogP contribution < -0.4 is 0 Å². The summed E-state index contributed by atoms with van der Waals surface area (Å²) in [6.45, 7) is 2.26. The van der Waals surface area contributed by atoms with E-state index in [0.29, 0.717) is 0 Å². The van der Waals surface area contributed by atoms with Crippen LogP contribution in [-0.2, 0) is 9.09 Å². The van der Waals surface area contributed by atoms with Gasteiger partial charge in [0.1, 0.15) is 6.26 Å². The van der Waals surface area contributed by atoms with Crippen LogP contribution in [0.1, 0.15) is 84.0 Å². The largest absolute Gasteiger partial charge is 0.746 e. The van der Waals surface area contributed by atoms with E-state index in [4.69, 9.17) is 4.89 Å². The standard InChI is InChI=1S/C15H29O3P/c1-2-3-4-5-6-7-8-9-10-11-12-13-14-15-18-19(16)17/h14-15H,2-13H2,1H3/p+1. The average molecular weight is 289 g/mol. The molecule has 0 aliphatic rings.